The fraction of sp³-hybridized carbons (Fsp3) is 0.300. The molecule has 1 saturated heterocycles. The van der Waals surface area contributed by atoms with E-state index in [-0.39, 0.29) is 18.8 Å². The number of fused-ring (bicyclic) bond motifs is 1. The van der Waals surface area contributed by atoms with Gasteiger partial charge in [0.15, 0.2) is 0 Å². The Morgan fingerprint density at radius 2 is 2.00 bits per heavy atom. The number of hydrogen-bond acceptors (Lipinski definition) is 6. The van der Waals surface area contributed by atoms with Crippen LogP contribution in [0.2, 0.25) is 0 Å². The number of cyclic esters (lactones) is 2. The van der Waals surface area contributed by atoms with E-state index >= 15 is 0 Å². The molecule has 0 amide bonds. The van der Waals surface area contributed by atoms with Crippen LogP contribution in [0.1, 0.15) is 24.3 Å². The van der Waals surface area contributed by atoms with Crippen LogP contribution in [-0.4, -0.2) is 32.3 Å². The summed E-state index contributed by atoms with van der Waals surface area (Å²) in [6.07, 6.45) is 1.99. The molecule has 2 aromatic heterocycles. The zero-order valence-electron chi connectivity index (χ0n) is 8.71. The number of rotatable bonds is 1. The summed E-state index contributed by atoms with van der Waals surface area (Å²) in [6.45, 7) is 0. The molecule has 3 rings (SSSR count). The summed E-state index contributed by atoms with van der Waals surface area (Å²) in [7, 11) is 0. The lowest BCUT2D eigenvalue weighted by Crippen LogP contribution is -2.24. The molecule has 1 N–H and O–H groups in total. The van der Waals surface area contributed by atoms with Crippen molar-refractivity contribution < 1.29 is 14.3 Å². The summed E-state index contributed by atoms with van der Waals surface area (Å²) in [5.41, 5.74) is 1.93. The molecule has 0 spiro atoms. The number of esters is 2. The number of aromatic amines is 1. The Bertz CT molecular complexity index is 590. The van der Waals surface area contributed by atoms with Crippen molar-refractivity contribution in [3.05, 3.63) is 17.8 Å². The van der Waals surface area contributed by atoms with Crippen molar-refractivity contribution >= 4 is 23.1 Å². The first-order valence-corrected chi connectivity index (χ1v) is 5.12. The predicted molar refractivity (Wildman–Crippen MR) is 54.8 cm³/mol. The number of carbonyl (C=O) groups excluding carboxylic acids is 2. The molecule has 0 aromatic carbocycles. The molecule has 86 valence electrons. The second kappa shape index (κ2) is 3.62. The Hall–Kier alpha value is -2.31. The quantitative estimate of drug-likeness (QED) is 0.561. The first kappa shape index (κ1) is 9.88. The third-order valence-corrected chi connectivity index (χ3v) is 2.72. The van der Waals surface area contributed by atoms with E-state index in [2.05, 4.69) is 25.1 Å². The molecule has 0 atom stereocenters. The number of aromatic nitrogens is 4. The summed E-state index contributed by atoms with van der Waals surface area (Å²) in [5, 5.41) is 10.2. The highest BCUT2D eigenvalue weighted by Gasteiger charge is 2.28. The van der Waals surface area contributed by atoms with Crippen LogP contribution in [0.15, 0.2) is 12.3 Å². The lowest BCUT2D eigenvalue weighted by molar-refractivity contribution is -0.163. The van der Waals surface area contributed by atoms with E-state index in [9.17, 15) is 9.59 Å². The lowest BCUT2D eigenvalue weighted by atomic mass is 9.92. The van der Waals surface area contributed by atoms with Crippen molar-refractivity contribution in [3.63, 3.8) is 0 Å². The smallest absolute Gasteiger partial charge is 0.314 e. The van der Waals surface area contributed by atoms with Gasteiger partial charge < -0.3 is 4.74 Å². The van der Waals surface area contributed by atoms with Gasteiger partial charge in [0, 0.05) is 12.1 Å². The standard InChI is InChI=1S/C10H8N4O3/c15-8-2-5(3-9(16)17-8)6-1-7-10(11-4-6)13-14-12-7/h1,4-5H,2-3H2,(H,11,12,13,14). The van der Waals surface area contributed by atoms with Gasteiger partial charge in [0.1, 0.15) is 5.52 Å². The van der Waals surface area contributed by atoms with Gasteiger partial charge in [-0.3, -0.25) is 9.59 Å². The van der Waals surface area contributed by atoms with Crippen molar-refractivity contribution in [1.29, 1.82) is 0 Å². The number of pyridine rings is 1. The third kappa shape index (κ3) is 1.75. The van der Waals surface area contributed by atoms with Gasteiger partial charge in [0.2, 0.25) is 5.65 Å². The zero-order valence-corrected chi connectivity index (χ0v) is 8.71. The van der Waals surface area contributed by atoms with Gasteiger partial charge in [-0.1, -0.05) is 0 Å². The predicted octanol–water partition coefficient (Wildman–Crippen LogP) is 0.300. The first-order chi connectivity index (χ1) is 8.22. The van der Waals surface area contributed by atoms with Crippen LogP contribution in [0.25, 0.3) is 11.2 Å². The normalized spacial score (nSPS) is 17.4. The Labute approximate surface area is 95.2 Å². The van der Waals surface area contributed by atoms with E-state index in [4.69, 9.17) is 0 Å². The van der Waals surface area contributed by atoms with Gasteiger partial charge in [-0.05, 0) is 11.6 Å². The molecule has 0 aliphatic carbocycles. The zero-order chi connectivity index (χ0) is 11.8. The SMILES string of the molecule is O=C1CC(c2cnc3n[nH]nc3c2)CC(=O)O1. The molecular weight excluding hydrogens is 224 g/mol. The van der Waals surface area contributed by atoms with E-state index in [0.717, 1.165) is 5.56 Å². The van der Waals surface area contributed by atoms with Crippen LogP contribution in [-0.2, 0) is 14.3 Å². The van der Waals surface area contributed by atoms with Crippen LogP contribution in [0.4, 0.5) is 0 Å². The number of hydrogen-bond donors (Lipinski definition) is 1. The van der Waals surface area contributed by atoms with Crippen molar-refractivity contribution in [2.24, 2.45) is 0 Å². The summed E-state index contributed by atoms with van der Waals surface area (Å²) in [4.78, 5) is 26.4. The minimum atomic E-state index is -0.494. The largest absolute Gasteiger partial charge is 0.393 e. The molecule has 17 heavy (non-hydrogen) atoms. The Morgan fingerprint density at radius 1 is 1.24 bits per heavy atom. The van der Waals surface area contributed by atoms with Crippen LogP contribution < -0.4 is 0 Å². The fourth-order valence-electron chi connectivity index (χ4n) is 1.90. The highest BCUT2D eigenvalue weighted by Crippen LogP contribution is 2.28. The highest BCUT2D eigenvalue weighted by atomic mass is 16.6. The molecule has 1 aliphatic rings. The van der Waals surface area contributed by atoms with Gasteiger partial charge in [0.05, 0.1) is 12.8 Å². The molecule has 3 heterocycles. The van der Waals surface area contributed by atoms with Crippen molar-refractivity contribution in [2.75, 3.05) is 0 Å². The van der Waals surface area contributed by atoms with E-state index in [1.807, 2.05) is 0 Å². The maximum Gasteiger partial charge on any atom is 0.314 e. The molecule has 7 heteroatoms. The van der Waals surface area contributed by atoms with Crippen LogP contribution in [0, 0.1) is 0 Å². The van der Waals surface area contributed by atoms with Crippen LogP contribution in [0.3, 0.4) is 0 Å². The molecule has 2 aromatic rings. The minimum Gasteiger partial charge on any atom is -0.393 e. The highest BCUT2D eigenvalue weighted by molar-refractivity contribution is 5.89. The Morgan fingerprint density at radius 3 is 2.76 bits per heavy atom. The number of ether oxygens (including phenoxy) is 1. The summed E-state index contributed by atoms with van der Waals surface area (Å²) >= 11 is 0. The summed E-state index contributed by atoms with van der Waals surface area (Å²) in [5.74, 6) is -1.17. The second-order valence-corrected chi connectivity index (χ2v) is 3.89. The van der Waals surface area contributed by atoms with E-state index < -0.39 is 11.9 Å². The summed E-state index contributed by atoms with van der Waals surface area (Å²) in [6, 6.07) is 1.78. The molecule has 0 radical (unpaired) electrons. The Balaban J connectivity index is 1.96. The van der Waals surface area contributed by atoms with Gasteiger partial charge in [-0.25, -0.2) is 4.98 Å². The van der Waals surface area contributed by atoms with Crippen LogP contribution in [0.5, 0.6) is 0 Å². The van der Waals surface area contributed by atoms with E-state index in [1.165, 1.54) is 0 Å². The molecule has 1 aliphatic heterocycles. The molecule has 7 nitrogen and oxygen atoms in total. The lowest BCUT2D eigenvalue weighted by Gasteiger charge is -2.19. The third-order valence-electron chi connectivity index (χ3n) is 2.72. The number of nitrogens with one attached hydrogen (secondary N) is 1. The first-order valence-electron chi connectivity index (χ1n) is 5.12. The minimum absolute atomic E-state index is 0.183. The molecule has 0 bridgehead atoms. The second-order valence-electron chi connectivity index (χ2n) is 3.89. The van der Waals surface area contributed by atoms with E-state index in [1.54, 1.807) is 12.3 Å². The van der Waals surface area contributed by atoms with Gasteiger partial charge in [0.25, 0.3) is 0 Å². The van der Waals surface area contributed by atoms with Gasteiger partial charge in [-0.15, -0.1) is 5.10 Å². The molecule has 1 fully saturated rings. The number of nitrogens with zero attached hydrogens (tertiary/aromatic N) is 3. The van der Waals surface area contributed by atoms with Crippen molar-refractivity contribution in [3.8, 4) is 0 Å². The molecule has 0 saturated carbocycles. The number of carbonyl (C=O) groups is 2. The Kier molecular flexibility index (Phi) is 2.10. The number of H-pyrrole nitrogens is 1. The van der Waals surface area contributed by atoms with Crippen molar-refractivity contribution in [2.45, 2.75) is 18.8 Å². The summed E-state index contributed by atoms with van der Waals surface area (Å²) < 4.78 is 4.48. The van der Waals surface area contributed by atoms with E-state index in [0.29, 0.717) is 11.2 Å². The van der Waals surface area contributed by atoms with Gasteiger partial charge in [-0.2, -0.15) is 10.3 Å². The molecule has 0 unspecified atom stereocenters. The maximum atomic E-state index is 11.2. The maximum absolute atomic E-state index is 11.2. The van der Waals surface area contributed by atoms with Crippen molar-refractivity contribution in [1.82, 2.24) is 20.4 Å². The average Bonchev–Trinajstić information content (AvgIpc) is 2.74. The topological polar surface area (TPSA) is 97.8 Å². The molecular formula is C10H8N4O3. The monoisotopic (exact) mass is 232 g/mol. The average molecular weight is 232 g/mol. The van der Waals surface area contributed by atoms with Gasteiger partial charge >= 0.3 is 11.9 Å². The van der Waals surface area contributed by atoms with Crippen LogP contribution >= 0.6 is 0 Å². The fourth-order valence-corrected chi connectivity index (χ4v) is 1.90.